The van der Waals surface area contributed by atoms with Crippen LogP contribution in [0.2, 0.25) is 0 Å². The van der Waals surface area contributed by atoms with Gasteiger partial charge in [-0.25, -0.2) is 0 Å². The van der Waals surface area contributed by atoms with Gasteiger partial charge in [-0.05, 0) is 36.6 Å². The normalized spacial score (nSPS) is 12.7. The molecular formula is C16H27NO2. The Morgan fingerprint density at radius 3 is 2.42 bits per heavy atom. The molecule has 0 aliphatic heterocycles. The lowest BCUT2D eigenvalue weighted by molar-refractivity contribution is 0.174. The molecule has 1 aromatic carbocycles. The highest BCUT2D eigenvalue weighted by Crippen LogP contribution is 2.16. The largest absolute Gasteiger partial charge is 0.497 e. The SMILES string of the molecule is COc1ccc(C(O)CNCCCCC(C)C)cc1. The number of nitrogens with one attached hydrogen (secondary N) is 1. The molecule has 0 saturated carbocycles. The Morgan fingerprint density at radius 2 is 1.84 bits per heavy atom. The molecule has 0 aromatic heterocycles. The number of unbranched alkanes of at least 4 members (excludes halogenated alkanes) is 1. The molecule has 1 aromatic rings. The summed E-state index contributed by atoms with van der Waals surface area (Å²) in [5, 5.41) is 13.3. The monoisotopic (exact) mass is 265 g/mol. The lowest BCUT2D eigenvalue weighted by atomic mass is 10.1. The summed E-state index contributed by atoms with van der Waals surface area (Å²) >= 11 is 0. The molecule has 0 fully saturated rings. The zero-order valence-corrected chi connectivity index (χ0v) is 12.4. The fourth-order valence-corrected chi connectivity index (χ4v) is 1.99. The van der Waals surface area contributed by atoms with Crippen molar-refractivity contribution in [2.45, 2.75) is 39.2 Å². The van der Waals surface area contributed by atoms with E-state index in [1.807, 2.05) is 24.3 Å². The predicted molar refractivity (Wildman–Crippen MR) is 79.5 cm³/mol. The van der Waals surface area contributed by atoms with Crippen LogP contribution in [0.25, 0.3) is 0 Å². The number of aliphatic hydroxyl groups is 1. The summed E-state index contributed by atoms with van der Waals surface area (Å²) in [4.78, 5) is 0. The number of methoxy groups -OCH3 is 1. The van der Waals surface area contributed by atoms with Gasteiger partial charge in [0.1, 0.15) is 5.75 Å². The third-order valence-corrected chi connectivity index (χ3v) is 3.22. The van der Waals surface area contributed by atoms with Crippen LogP contribution in [-0.2, 0) is 0 Å². The zero-order chi connectivity index (χ0) is 14.1. The Hall–Kier alpha value is -1.06. The van der Waals surface area contributed by atoms with Crippen LogP contribution < -0.4 is 10.1 Å². The van der Waals surface area contributed by atoms with Crippen molar-refractivity contribution in [3.8, 4) is 5.75 Å². The van der Waals surface area contributed by atoms with E-state index in [1.54, 1.807) is 7.11 Å². The number of ether oxygens (including phenoxy) is 1. The van der Waals surface area contributed by atoms with Crippen molar-refractivity contribution in [1.82, 2.24) is 5.32 Å². The minimum Gasteiger partial charge on any atom is -0.497 e. The van der Waals surface area contributed by atoms with Gasteiger partial charge in [-0.3, -0.25) is 0 Å². The first kappa shape index (κ1) is 16.0. The molecule has 0 amide bonds. The van der Waals surface area contributed by atoms with Gasteiger partial charge in [-0.2, -0.15) is 0 Å². The van der Waals surface area contributed by atoms with Crippen molar-refractivity contribution >= 4 is 0 Å². The summed E-state index contributed by atoms with van der Waals surface area (Å²) in [6, 6.07) is 7.57. The highest BCUT2D eigenvalue weighted by atomic mass is 16.5. The van der Waals surface area contributed by atoms with Crippen LogP contribution >= 0.6 is 0 Å². The minimum absolute atomic E-state index is 0.448. The summed E-state index contributed by atoms with van der Waals surface area (Å²) < 4.78 is 5.10. The van der Waals surface area contributed by atoms with E-state index in [0.29, 0.717) is 6.54 Å². The van der Waals surface area contributed by atoms with Crippen molar-refractivity contribution in [3.05, 3.63) is 29.8 Å². The molecule has 0 aliphatic rings. The second-order valence-corrected chi connectivity index (χ2v) is 5.38. The topological polar surface area (TPSA) is 41.5 Å². The number of aliphatic hydroxyl groups excluding tert-OH is 1. The highest BCUT2D eigenvalue weighted by Gasteiger charge is 2.06. The van der Waals surface area contributed by atoms with E-state index in [9.17, 15) is 5.11 Å². The molecular weight excluding hydrogens is 238 g/mol. The number of hydrogen-bond acceptors (Lipinski definition) is 3. The molecule has 0 heterocycles. The van der Waals surface area contributed by atoms with E-state index in [2.05, 4.69) is 19.2 Å². The first-order valence-electron chi connectivity index (χ1n) is 7.16. The highest BCUT2D eigenvalue weighted by molar-refractivity contribution is 5.28. The lowest BCUT2D eigenvalue weighted by Crippen LogP contribution is -2.22. The molecule has 0 saturated heterocycles. The Morgan fingerprint density at radius 1 is 1.16 bits per heavy atom. The van der Waals surface area contributed by atoms with Crippen LogP contribution in [-0.4, -0.2) is 25.3 Å². The van der Waals surface area contributed by atoms with E-state index < -0.39 is 6.10 Å². The van der Waals surface area contributed by atoms with Crippen molar-refractivity contribution in [2.75, 3.05) is 20.2 Å². The van der Waals surface area contributed by atoms with Crippen molar-refractivity contribution in [1.29, 1.82) is 0 Å². The van der Waals surface area contributed by atoms with Crippen LogP contribution in [0.15, 0.2) is 24.3 Å². The molecule has 0 bridgehead atoms. The molecule has 108 valence electrons. The van der Waals surface area contributed by atoms with Gasteiger partial charge in [-0.1, -0.05) is 38.8 Å². The molecule has 1 atom stereocenters. The Bertz CT molecular complexity index is 335. The smallest absolute Gasteiger partial charge is 0.118 e. The van der Waals surface area contributed by atoms with Gasteiger partial charge in [-0.15, -0.1) is 0 Å². The molecule has 0 radical (unpaired) electrons. The van der Waals surface area contributed by atoms with E-state index in [0.717, 1.165) is 23.8 Å². The number of hydrogen-bond donors (Lipinski definition) is 2. The standard InChI is InChI=1S/C16H27NO2/c1-13(2)6-4-5-11-17-12-16(18)14-7-9-15(19-3)10-8-14/h7-10,13,16-18H,4-6,11-12H2,1-3H3. The van der Waals surface area contributed by atoms with Gasteiger partial charge in [0.05, 0.1) is 13.2 Å². The van der Waals surface area contributed by atoms with Gasteiger partial charge in [0.15, 0.2) is 0 Å². The first-order valence-corrected chi connectivity index (χ1v) is 7.16. The maximum absolute atomic E-state index is 10.0. The van der Waals surface area contributed by atoms with Gasteiger partial charge >= 0.3 is 0 Å². The Labute approximate surface area is 117 Å². The summed E-state index contributed by atoms with van der Waals surface area (Å²) in [7, 11) is 1.64. The lowest BCUT2D eigenvalue weighted by Gasteiger charge is -2.13. The van der Waals surface area contributed by atoms with E-state index in [4.69, 9.17) is 4.74 Å². The second kappa shape index (κ2) is 8.94. The van der Waals surface area contributed by atoms with Crippen molar-refractivity contribution in [3.63, 3.8) is 0 Å². The second-order valence-electron chi connectivity index (χ2n) is 5.38. The third kappa shape index (κ3) is 6.60. The van der Waals surface area contributed by atoms with Gasteiger partial charge < -0.3 is 15.2 Å². The molecule has 2 N–H and O–H groups in total. The van der Waals surface area contributed by atoms with E-state index in [1.165, 1.54) is 19.3 Å². The quantitative estimate of drug-likeness (QED) is 0.674. The molecule has 19 heavy (non-hydrogen) atoms. The third-order valence-electron chi connectivity index (χ3n) is 3.22. The summed E-state index contributed by atoms with van der Waals surface area (Å²) in [6.45, 7) is 6.08. The van der Waals surface area contributed by atoms with Crippen LogP contribution in [0.5, 0.6) is 5.75 Å². The molecule has 3 heteroatoms. The molecule has 0 aliphatic carbocycles. The summed E-state index contributed by atoms with van der Waals surface area (Å²) in [5.41, 5.74) is 0.926. The Balaban J connectivity index is 2.17. The number of benzene rings is 1. The maximum Gasteiger partial charge on any atom is 0.118 e. The average Bonchev–Trinajstić information content (AvgIpc) is 2.42. The van der Waals surface area contributed by atoms with Crippen LogP contribution in [0.1, 0.15) is 44.8 Å². The van der Waals surface area contributed by atoms with Crippen LogP contribution in [0.3, 0.4) is 0 Å². The molecule has 3 nitrogen and oxygen atoms in total. The molecule has 1 unspecified atom stereocenters. The average molecular weight is 265 g/mol. The maximum atomic E-state index is 10.0. The first-order chi connectivity index (χ1) is 9.13. The van der Waals surface area contributed by atoms with Crippen LogP contribution in [0, 0.1) is 5.92 Å². The van der Waals surface area contributed by atoms with Crippen molar-refractivity contribution in [2.24, 2.45) is 5.92 Å². The van der Waals surface area contributed by atoms with E-state index >= 15 is 0 Å². The predicted octanol–water partition coefficient (Wildman–Crippen LogP) is 3.14. The minimum atomic E-state index is -0.448. The fraction of sp³-hybridized carbons (Fsp3) is 0.625. The summed E-state index contributed by atoms with van der Waals surface area (Å²) in [5.74, 6) is 1.60. The van der Waals surface area contributed by atoms with Crippen molar-refractivity contribution < 1.29 is 9.84 Å². The number of rotatable bonds is 9. The van der Waals surface area contributed by atoms with Gasteiger partial charge in [0.2, 0.25) is 0 Å². The zero-order valence-electron chi connectivity index (χ0n) is 12.4. The van der Waals surface area contributed by atoms with Gasteiger partial charge in [0.25, 0.3) is 0 Å². The fourth-order valence-electron chi connectivity index (χ4n) is 1.99. The Kier molecular flexibility index (Phi) is 7.53. The summed E-state index contributed by atoms with van der Waals surface area (Å²) in [6.07, 6.45) is 3.26. The van der Waals surface area contributed by atoms with E-state index in [-0.39, 0.29) is 0 Å². The molecule has 1 rings (SSSR count). The molecule has 0 spiro atoms. The van der Waals surface area contributed by atoms with Gasteiger partial charge in [0, 0.05) is 6.54 Å². The van der Waals surface area contributed by atoms with Crippen LogP contribution in [0.4, 0.5) is 0 Å².